The highest BCUT2D eigenvalue weighted by Gasteiger charge is 2.18. The fraction of sp³-hybridized carbons (Fsp3) is 0.500. The van der Waals surface area contributed by atoms with Crippen LogP contribution in [0.2, 0.25) is 0 Å². The Hall–Kier alpha value is -1.85. The SMILES string of the molecule is CC(=O)NC(C)C(=O)N(C)Cc1ncc[nH]1. The molecule has 88 valence electrons. The molecular formula is C10H16N4O2. The molecule has 1 aromatic heterocycles. The lowest BCUT2D eigenvalue weighted by molar-refractivity contribution is -0.135. The Morgan fingerprint density at radius 2 is 2.31 bits per heavy atom. The molecule has 6 heteroatoms. The molecule has 0 saturated carbocycles. The third-order valence-electron chi connectivity index (χ3n) is 2.11. The first-order chi connectivity index (χ1) is 7.50. The lowest BCUT2D eigenvalue weighted by Crippen LogP contribution is -2.44. The first-order valence-corrected chi connectivity index (χ1v) is 5.01. The van der Waals surface area contributed by atoms with Crippen molar-refractivity contribution < 1.29 is 9.59 Å². The number of aromatic amines is 1. The second-order valence-electron chi connectivity index (χ2n) is 3.65. The normalized spacial score (nSPS) is 11.9. The van der Waals surface area contributed by atoms with Gasteiger partial charge in [0.05, 0.1) is 6.54 Å². The largest absolute Gasteiger partial charge is 0.347 e. The van der Waals surface area contributed by atoms with Gasteiger partial charge in [0.25, 0.3) is 0 Å². The number of hydrogen-bond acceptors (Lipinski definition) is 3. The van der Waals surface area contributed by atoms with Gasteiger partial charge in [-0.25, -0.2) is 4.98 Å². The summed E-state index contributed by atoms with van der Waals surface area (Å²) in [6, 6.07) is -0.516. The molecule has 1 rings (SSSR count). The fourth-order valence-electron chi connectivity index (χ4n) is 1.38. The Morgan fingerprint density at radius 3 is 2.81 bits per heavy atom. The van der Waals surface area contributed by atoms with E-state index < -0.39 is 6.04 Å². The zero-order chi connectivity index (χ0) is 12.1. The minimum Gasteiger partial charge on any atom is -0.347 e. The Balaban J connectivity index is 2.50. The first-order valence-electron chi connectivity index (χ1n) is 5.01. The molecule has 0 spiro atoms. The Labute approximate surface area is 94.0 Å². The van der Waals surface area contributed by atoms with Crippen molar-refractivity contribution in [2.45, 2.75) is 26.4 Å². The van der Waals surface area contributed by atoms with Crippen LogP contribution in [0.3, 0.4) is 0 Å². The van der Waals surface area contributed by atoms with Gasteiger partial charge in [0.15, 0.2) is 0 Å². The molecule has 0 aliphatic rings. The van der Waals surface area contributed by atoms with Gasteiger partial charge in [-0.3, -0.25) is 9.59 Å². The summed E-state index contributed by atoms with van der Waals surface area (Å²) in [5, 5.41) is 2.54. The summed E-state index contributed by atoms with van der Waals surface area (Å²) in [6.45, 7) is 3.44. The molecule has 0 saturated heterocycles. The molecule has 0 bridgehead atoms. The topological polar surface area (TPSA) is 78.1 Å². The summed E-state index contributed by atoms with van der Waals surface area (Å²) in [5.74, 6) is 0.352. The van der Waals surface area contributed by atoms with Gasteiger partial charge in [-0.2, -0.15) is 0 Å². The highest BCUT2D eigenvalue weighted by atomic mass is 16.2. The second kappa shape index (κ2) is 5.29. The molecule has 1 atom stereocenters. The number of hydrogen-bond donors (Lipinski definition) is 2. The average Bonchev–Trinajstić information content (AvgIpc) is 2.68. The van der Waals surface area contributed by atoms with Gasteiger partial charge >= 0.3 is 0 Å². The van der Waals surface area contributed by atoms with Crippen LogP contribution in [0.5, 0.6) is 0 Å². The molecule has 1 heterocycles. The van der Waals surface area contributed by atoms with Crippen LogP contribution in [-0.4, -0.2) is 39.8 Å². The van der Waals surface area contributed by atoms with Crippen LogP contribution in [0.4, 0.5) is 0 Å². The van der Waals surface area contributed by atoms with E-state index in [1.807, 2.05) is 0 Å². The van der Waals surface area contributed by atoms with Crippen molar-refractivity contribution >= 4 is 11.8 Å². The molecule has 0 aliphatic carbocycles. The number of carbonyl (C=O) groups excluding carboxylic acids is 2. The number of nitrogens with one attached hydrogen (secondary N) is 2. The van der Waals surface area contributed by atoms with E-state index in [-0.39, 0.29) is 11.8 Å². The van der Waals surface area contributed by atoms with Crippen LogP contribution in [0, 0.1) is 0 Å². The summed E-state index contributed by atoms with van der Waals surface area (Å²) in [4.78, 5) is 31.0. The third kappa shape index (κ3) is 3.38. The van der Waals surface area contributed by atoms with Gasteiger partial charge < -0.3 is 15.2 Å². The van der Waals surface area contributed by atoms with E-state index in [1.54, 1.807) is 26.4 Å². The summed E-state index contributed by atoms with van der Waals surface area (Å²) in [5.41, 5.74) is 0. The number of amides is 2. The van der Waals surface area contributed by atoms with Crippen molar-refractivity contribution in [3.63, 3.8) is 0 Å². The van der Waals surface area contributed by atoms with E-state index in [0.717, 1.165) is 0 Å². The van der Waals surface area contributed by atoms with Gasteiger partial charge in [-0.15, -0.1) is 0 Å². The zero-order valence-electron chi connectivity index (χ0n) is 9.65. The number of H-pyrrole nitrogens is 1. The molecule has 2 N–H and O–H groups in total. The molecule has 1 aromatic rings. The summed E-state index contributed by atoms with van der Waals surface area (Å²) < 4.78 is 0. The van der Waals surface area contributed by atoms with E-state index >= 15 is 0 Å². The third-order valence-corrected chi connectivity index (χ3v) is 2.11. The van der Waals surface area contributed by atoms with Crippen molar-refractivity contribution in [1.29, 1.82) is 0 Å². The number of rotatable bonds is 4. The molecule has 1 unspecified atom stereocenters. The molecular weight excluding hydrogens is 208 g/mol. The minimum atomic E-state index is -0.516. The summed E-state index contributed by atoms with van der Waals surface area (Å²) >= 11 is 0. The van der Waals surface area contributed by atoms with Crippen LogP contribution in [0.25, 0.3) is 0 Å². The fourth-order valence-corrected chi connectivity index (χ4v) is 1.38. The zero-order valence-corrected chi connectivity index (χ0v) is 9.65. The summed E-state index contributed by atoms with van der Waals surface area (Å²) in [7, 11) is 1.67. The van der Waals surface area contributed by atoms with Gasteiger partial charge in [-0.1, -0.05) is 0 Å². The minimum absolute atomic E-state index is 0.147. The Bertz CT molecular complexity index is 361. The number of aromatic nitrogens is 2. The quantitative estimate of drug-likeness (QED) is 0.749. The van der Waals surface area contributed by atoms with Gasteiger partial charge in [0.1, 0.15) is 11.9 Å². The summed E-state index contributed by atoms with van der Waals surface area (Å²) in [6.07, 6.45) is 3.33. The first kappa shape index (κ1) is 12.2. The lowest BCUT2D eigenvalue weighted by atomic mass is 10.3. The maximum atomic E-state index is 11.8. The van der Waals surface area contributed by atoms with Crippen LogP contribution in [-0.2, 0) is 16.1 Å². The van der Waals surface area contributed by atoms with E-state index in [1.165, 1.54) is 11.8 Å². The Morgan fingerprint density at radius 1 is 1.62 bits per heavy atom. The van der Waals surface area contributed by atoms with E-state index in [2.05, 4.69) is 15.3 Å². The second-order valence-corrected chi connectivity index (χ2v) is 3.65. The van der Waals surface area contributed by atoms with Gasteiger partial charge in [0.2, 0.25) is 11.8 Å². The van der Waals surface area contributed by atoms with Gasteiger partial charge in [-0.05, 0) is 6.92 Å². The van der Waals surface area contributed by atoms with Crippen LogP contribution < -0.4 is 5.32 Å². The number of carbonyl (C=O) groups is 2. The number of imidazole rings is 1. The monoisotopic (exact) mass is 224 g/mol. The maximum Gasteiger partial charge on any atom is 0.245 e. The maximum absolute atomic E-state index is 11.8. The van der Waals surface area contributed by atoms with Crippen molar-refractivity contribution in [3.8, 4) is 0 Å². The van der Waals surface area contributed by atoms with E-state index in [0.29, 0.717) is 12.4 Å². The van der Waals surface area contributed by atoms with Crippen LogP contribution >= 0.6 is 0 Å². The standard InChI is InChI=1S/C10H16N4O2/c1-7(13-8(2)15)10(16)14(3)6-9-11-4-5-12-9/h4-5,7H,6H2,1-3H3,(H,11,12)(H,13,15). The van der Waals surface area contributed by atoms with Crippen molar-refractivity contribution in [3.05, 3.63) is 18.2 Å². The van der Waals surface area contributed by atoms with Gasteiger partial charge in [0, 0.05) is 26.4 Å². The molecule has 0 aliphatic heterocycles. The molecule has 0 radical (unpaired) electrons. The molecule has 0 aromatic carbocycles. The predicted octanol–water partition coefficient (Wildman–Crippen LogP) is -0.107. The van der Waals surface area contributed by atoms with Crippen LogP contribution in [0.15, 0.2) is 12.4 Å². The lowest BCUT2D eigenvalue weighted by Gasteiger charge is -2.20. The molecule has 2 amide bonds. The van der Waals surface area contributed by atoms with Crippen molar-refractivity contribution in [1.82, 2.24) is 20.2 Å². The highest BCUT2D eigenvalue weighted by molar-refractivity contribution is 5.86. The molecule has 0 fully saturated rings. The highest BCUT2D eigenvalue weighted by Crippen LogP contribution is 1.98. The average molecular weight is 224 g/mol. The smallest absolute Gasteiger partial charge is 0.245 e. The van der Waals surface area contributed by atoms with Crippen LogP contribution in [0.1, 0.15) is 19.7 Å². The number of nitrogens with zero attached hydrogens (tertiary/aromatic N) is 2. The van der Waals surface area contributed by atoms with E-state index in [4.69, 9.17) is 0 Å². The van der Waals surface area contributed by atoms with Crippen molar-refractivity contribution in [2.75, 3.05) is 7.05 Å². The Kier molecular flexibility index (Phi) is 4.04. The molecule has 16 heavy (non-hydrogen) atoms. The van der Waals surface area contributed by atoms with E-state index in [9.17, 15) is 9.59 Å². The predicted molar refractivity (Wildman–Crippen MR) is 58.3 cm³/mol. The number of likely N-dealkylation sites (N-methyl/N-ethyl adjacent to an activating group) is 1. The molecule has 6 nitrogen and oxygen atoms in total. The van der Waals surface area contributed by atoms with Crippen molar-refractivity contribution in [2.24, 2.45) is 0 Å².